The van der Waals surface area contributed by atoms with Gasteiger partial charge in [0.1, 0.15) is 5.75 Å². The Morgan fingerprint density at radius 1 is 1.08 bits per heavy atom. The van der Waals surface area contributed by atoms with Crippen molar-refractivity contribution in [2.45, 2.75) is 17.4 Å². The van der Waals surface area contributed by atoms with E-state index < -0.39 is 33.0 Å². The largest absolute Gasteiger partial charge is 0.501 e. The molecule has 1 aliphatic rings. The molecule has 1 aliphatic heterocycles. The van der Waals surface area contributed by atoms with Crippen molar-refractivity contribution in [3.8, 4) is 5.75 Å². The summed E-state index contributed by atoms with van der Waals surface area (Å²) in [6.45, 7) is 1.44. The maximum Gasteiger partial charge on any atom is 0.264 e. The number of para-hydroxylation sites is 1. The van der Waals surface area contributed by atoms with Crippen LogP contribution in [0.1, 0.15) is 12.5 Å². The molecule has 2 aromatic rings. The number of sulfonamides is 1. The Kier molecular flexibility index (Phi) is 4.37. The minimum Gasteiger partial charge on any atom is -0.501 e. The Bertz CT molecular complexity index is 984. The Labute approximate surface area is 150 Å². The molecule has 136 valence electrons. The van der Waals surface area contributed by atoms with Gasteiger partial charge in [-0.3, -0.25) is 4.79 Å². The molecule has 26 heavy (non-hydrogen) atoms. The summed E-state index contributed by atoms with van der Waals surface area (Å²) in [4.78, 5) is 12.6. The van der Waals surface area contributed by atoms with Crippen LogP contribution in [0.5, 0.6) is 5.75 Å². The highest BCUT2D eigenvalue weighted by atomic mass is 32.2. The number of aliphatic hydroxyl groups is 1. The molecule has 2 aromatic carbocycles. The summed E-state index contributed by atoms with van der Waals surface area (Å²) in [7, 11) is -2.59. The summed E-state index contributed by atoms with van der Waals surface area (Å²) in [5.41, 5.74) is -1.25. The summed E-state index contributed by atoms with van der Waals surface area (Å²) < 4.78 is 37.8. The van der Waals surface area contributed by atoms with E-state index >= 15 is 0 Å². The summed E-state index contributed by atoms with van der Waals surface area (Å²) >= 11 is 0. The van der Waals surface area contributed by atoms with Gasteiger partial charge in [-0.2, -0.15) is 0 Å². The number of carbonyl (C=O) groups is 1. The van der Waals surface area contributed by atoms with Crippen LogP contribution in [0.4, 0.5) is 0 Å². The molecule has 7 nitrogen and oxygen atoms in total. The molecule has 0 fully saturated rings. The lowest BCUT2D eigenvalue weighted by Gasteiger charge is -2.25. The van der Waals surface area contributed by atoms with Gasteiger partial charge in [-0.1, -0.05) is 36.4 Å². The number of nitrogens with one attached hydrogen (secondary N) is 1. The van der Waals surface area contributed by atoms with E-state index in [9.17, 15) is 18.3 Å². The summed E-state index contributed by atoms with van der Waals surface area (Å²) in [5.74, 6) is -1.71. The average Bonchev–Trinajstić information content (AvgIpc) is 2.86. The first-order chi connectivity index (χ1) is 12.3. The Morgan fingerprint density at radius 2 is 1.69 bits per heavy atom. The first-order valence-electron chi connectivity index (χ1n) is 7.68. The molecule has 0 saturated heterocycles. The SMILES string of the molecule is COc1ccccc1C1(C)OC(NS(=O)(=O)c2ccccc2)=C(O)C1=O. The van der Waals surface area contributed by atoms with Gasteiger partial charge in [-0.25, -0.2) is 13.1 Å². The summed E-state index contributed by atoms with van der Waals surface area (Å²) in [5, 5.41) is 10.2. The normalized spacial score (nSPS) is 20.0. The highest BCUT2D eigenvalue weighted by molar-refractivity contribution is 7.89. The molecule has 0 bridgehead atoms. The number of rotatable bonds is 5. The van der Waals surface area contributed by atoms with Gasteiger partial charge >= 0.3 is 0 Å². The van der Waals surface area contributed by atoms with E-state index in [1.807, 2.05) is 0 Å². The van der Waals surface area contributed by atoms with Gasteiger partial charge in [-0.15, -0.1) is 0 Å². The fraction of sp³-hybridized carbons (Fsp3) is 0.167. The van der Waals surface area contributed by atoms with Crippen LogP contribution in [-0.2, 0) is 25.2 Å². The van der Waals surface area contributed by atoms with Crippen molar-refractivity contribution in [1.82, 2.24) is 4.72 Å². The van der Waals surface area contributed by atoms with Gasteiger partial charge < -0.3 is 14.6 Å². The van der Waals surface area contributed by atoms with Crippen LogP contribution in [0.2, 0.25) is 0 Å². The third-order valence-corrected chi connectivity index (χ3v) is 5.42. The molecule has 0 amide bonds. The Balaban J connectivity index is 1.96. The minimum absolute atomic E-state index is 0.0257. The third kappa shape index (κ3) is 2.88. The Hall–Kier alpha value is -3.00. The lowest BCUT2D eigenvalue weighted by atomic mass is 9.91. The molecule has 0 radical (unpaired) electrons. The van der Waals surface area contributed by atoms with Crippen LogP contribution in [0, 0.1) is 0 Å². The maximum atomic E-state index is 12.6. The minimum atomic E-state index is -4.02. The number of methoxy groups -OCH3 is 1. The molecule has 0 spiro atoms. The second-order valence-electron chi connectivity index (χ2n) is 5.76. The predicted molar refractivity (Wildman–Crippen MR) is 92.9 cm³/mol. The van der Waals surface area contributed by atoms with E-state index in [0.29, 0.717) is 11.3 Å². The van der Waals surface area contributed by atoms with Crippen LogP contribution in [0.25, 0.3) is 0 Å². The number of hydrogen-bond acceptors (Lipinski definition) is 6. The number of aliphatic hydroxyl groups excluding tert-OH is 1. The van der Waals surface area contributed by atoms with Crippen LogP contribution in [0.3, 0.4) is 0 Å². The molecule has 1 heterocycles. The monoisotopic (exact) mass is 375 g/mol. The molecule has 3 rings (SSSR count). The van der Waals surface area contributed by atoms with Crippen molar-refractivity contribution >= 4 is 15.8 Å². The number of ketones is 1. The molecule has 0 aliphatic carbocycles. The lowest BCUT2D eigenvalue weighted by molar-refractivity contribution is -0.131. The molecular weight excluding hydrogens is 358 g/mol. The topological polar surface area (TPSA) is 102 Å². The van der Waals surface area contributed by atoms with E-state index in [2.05, 4.69) is 4.72 Å². The van der Waals surface area contributed by atoms with Crippen molar-refractivity contribution in [3.05, 3.63) is 71.8 Å². The molecule has 0 aromatic heterocycles. The van der Waals surface area contributed by atoms with Crippen LogP contribution >= 0.6 is 0 Å². The molecular formula is C18H17NO6S. The van der Waals surface area contributed by atoms with Crippen molar-refractivity contribution in [2.24, 2.45) is 0 Å². The van der Waals surface area contributed by atoms with Gasteiger partial charge in [0.15, 0.2) is 0 Å². The van der Waals surface area contributed by atoms with Crippen molar-refractivity contribution in [2.75, 3.05) is 7.11 Å². The van der Waals surface area contributed by atoms with Crippen molar-refractivity contribution < 1.29 is 27.8 Å². The zero-order valence-corrected chi connectivity index (χ0v) is 14.9. The maximum absolute atomic E-state index is 12.6. The highest BCUT2D eigenvalue weighted by Crippen LogP contribution is 2.41. The van der Waals surface area contributed by atoms with E-state index in [0.717, 1.165) is 0 Å². The highest BCUT2D eigenvalue weighted by Gasteiger charge is 2.50. The Morgan fingerprint density at radius 3 is 2.35 bits per heavy atom. The number of hydrogen-bond donors (Lipinski definition) is 2. The van der Waals surface area contributed by atoms with Crippen LogP contribution in [0.15, 0.2) is 71.1 Å². The number of benzene rings is 2. The van der Waals surface area contributed by atoms with E-state index in [1.165, 1.54) is 26.2 Å². The second kappa shape index (κ2) is 6.38. The van der Waals surface area contributed by atoms with Gasteiger partial charge in [0.25, 0.3) is 15.8 Å². The molecule has 0 saturated carbocycles. The van der Waals surface area contributed by atoms with E-state index in [-0.39, 0.29) is 4.90 Å². The first-order valence-corrected chi connectivity index (χ1v) is 9.16. The third-order valence-electron chi connectivity index (χ3n) is 4.07. The zero-order chi connectivity index (χ0) is 18.9. The zero-order valence-electron chi connectivity index (χ0n) is 14.1. The van der Waals surface area contributed by atoms with E-state index in [4.69, 9.17) is 9.47 Å². The van der Waals surface area contributed by atoms with Gasteiger partial charge in [0.05, 0.1) is 12.0 Å². The predicted octanol–water partition coefficient (Wildman–Crippen LogP) is 2.22. The smallest absolute Gasteiger partial charge is 0.264 e. The molecule has 1 unspecified atom stereocenters. The number of ether oxygens (including phenoxy) is 2. The molecule has 2 N–H and O–H groups in total. The quantitative estimate of drug-likeness (QED) is 0.831. The molecule has 1 atom stereocenters. The van der Waals surface area contributed by atoms with Gasteiger partial charge in [0.2, 0.25) is 17.2 Å². The second-order valence-corrected chi connectivity index (χ2v) is 7.44. The summed E-state index contributed by atoms with van der Waals surface area (Å²) in [6, 6.07) is 14.2. The van der Waals surface area contributed by atoms with Gasteiger partial charge in [-0.05, 0) is 25.1 Å². The first kappa shape index (κ1) is 17.8. The van der Waals surface area contributed by atoms with Crippen LogP contribution in [-0.4, -0.2) is 26.4 Å². The van der Waals surface area contributed by atoms with Crippen LogP contribution < -0.4 is 9.46 Å². The number of carbonyl (C=O) groups excluding carboxylic acids is 1. The van der Waals surface area contributed by atoms with Crippen molar-refractivity contribution in [1.29, 1.82) is 0 Å². The molecule has 8 heteroatoms. The lowest BCUT2D eigenvalue weighted by Crippen LogP contribution is -2.32. The van der Waals surface area contributed by atoms with Gasteiger partial charge in [0, 0.05) is 5.56 Å². The number of Topliss-reactive ketones (excluding diaryl/α,β-unsaturated/α-hetero) is 1. The van der Waals surface area contributed by atoms with E-state index in [1.54, 1.807) is 42.5 Å². The standard InChI is InChI=1S/C18H17NO6S/c1-18(13-10-6-7-11-14(13)24-2)16(21)15(20)17(25-18)19-26(22,23)12-8-4-3-5-9-12/h3-11,19-20H,1-2H3. The fourth-order valence-corrected chi connectivity index (χ4v) is 3.71. The average molecular weight is 375 g/mol. The fourth-order valence-electron chi connectivity index (χ4n) is 2.69. The van der Waals surface area contributed by atoms with Crippen molar-refractivity contribution in [3.63, 3.8) is 0 Å². The summed E-state index contributed by atoms with van der Waals surface area (Å²) in [6.07, 6.45) is 0.